The number of halogens is 1. The Kier molecular flexibility index (Phi) is 6.83. The van der Waals surface area contributed by atoms with Crippen molar-refractivity contribution in [1.29, 1.82) is 0 Å². The van der Waals surface area contributed by atoms with E-state index >= 15 is 0 Å². The fourth-order valence-corrected chi connectivity index (χ4v) is 4.64. The monoisotopic (exact) mass is 536 g/mol. The Balaban J connectivity index is 2.07. The van der Waals surface area contributed by atoms with Crippen LogP contribution in [0.5, 0.6) is 0 Å². The second kappa shape index (κ2) is 9.35. The molecule has 1 N–H and O–H groups in total. The molecule has 1 heterocycles. The Hall–Kier alpha value is -2.79. The van der Waals surface area contributed by atoms with Crippen molar-refractivity contribution >= 4 is 56.5 Å². The van der Waals surface area contributed by atoms with Crippen molar-refractivity contribution in [2.75, 3.05) is 11.9 Å². The lowest BCUT2D eigenvalue weighted by Crippen LogP contribution is -2.15. The third kappa shape index (κ3) is 4.51. The van der Waals surface area contributed by atoms with Crippen LogP contribution in [0.2, 0.25) is 0 Å². The molecule has 3 aromatic rings. The number of non-ortho nitro benzene ring substituents is 1. The molecule has 1 aromatic heterocycles. The van der Waals surface area contributed by atoms with Gasteiger partial charge in [-0.05, 0) is 66.3 Å². The van der Waals surface area contributed by atoms with Crippen LogP contribution in [0.15, 0.2) is 48.5 Å². The number of carbonyl (C=O) groups is 2. The largest absolute Gasteiger partial charge is 0.462 e. The van der Waals surface area contributed by atoms with E-state index in [1.807, 2.05) is 19.1 Å². The molecule has 0 saturated heterocycles. The third-order valence-electron chi connectivity index (χ3n) is 4.28. The second-order valence-electron chi connectivity index (χ2n) is 6.20. The van der Waals surface area contributed by atoms with Gasteiger partial charge in [0.2, 0.25) is 0 Å². The molecular weight excluding hydrogens is 519 g/mol. The third-order valence-corrected chi connectivity index (χ3v) is 6.24. The molecule has 9 heteroatoms. The summed E-state index contributed by atoms with van der Waals surface area (Å²) in [6, 6.07) is 13.1. The number of nitro benzene ring substituents is 1. The molecule has 1 amide bonds. The van der Waals surface area contributed by atoms with Crippen LogP contribution in [-0.4, -0.2) is 23.4 Å². The first kappa shape index (κ1) is 21.9. The topological polar surface area (TPSA) is 98.5 Å². The molecule has 0 bridgehead atoms. The molecule has 0 unspecified atom stereocenters. The van der Waals surface area contributed by atoms with Crippen LogP contribution in [0.1, 0.15) is 32.5 Å². The van der Waals surface area contributed by atoms with Gasteiger partial charge < -0.3 is 10.1 Å². The van der Waals surface area contributed by atoms with E-state index in [-0.39, 0.29) is 23.8 Å². The zero-order chi connectivity index (χ0) is 21.8. The maximum absolute atomic E-state index is 12.8. The second-order valence-corrected chi connectivity index (χ2v) is 8.58. The van der Waals surface area contributed by atoms with Crippen LogP contribution >= 0.6 is 33.9 Å². The van der Waals surface area contributed by atoms with Gasteiger partial charge in [-0.3, -0.25) is 14.9 Å². The lowest BCUT2D eigenvalue weighted by atomic mass is 10.0. The van der Waals surface area contributed by atoms with Crippen molar-refractivity contribution in [2.24, 2.45) is 0 Å². The number of amides is 1. The highest BCUT2D eigenvalue weighted by Crippen LogP contribution is 2.41. The van der Waals surface area contributed by atoms with Gasteiger partial charge in [-0.1, -0.05) is 12.1 Å². The number of nitro groups is 1. The summed E-state index contributed by atoms with van der Waals surface area (Å²) < 4.78 is 6.01. The number of thiophene rings is 1. The van der Waals surface area contributed by atoms with Gasteiger partial charge in [0, 0.05) is 26.1 Å². The van der Waals surface area contributed by atoms with Gasteiger partial charge in [0.05, 0.1) is 17.1 Å². The Bertz CT molecular complexity index is 1120. The minimum atomic E-state index is -0.562. The fraction of sp³-hybridized carbons (Fsp3) is 0.143. The molecule has 0 radical (unpaired) electrons. The lowest BCUT2D eigenvalue weighted by molar-refractivity contribution is -0.384. The molecule has 0 spiro atoms. The molecule has 2 aromatic carbocycles. The summed E-state index contributed by atoms with van der Waals surface area (Å²) in [6.07, 6.45) is 0. The number of hydrogen-bond acceptors (Lipinski definition) is 6. The van der Waals surface area contributed by atoms with Gasteiger partial charge in [0.15, 0.2) is 0 Å². The van der Waals surface area contributed by atoms with E-state index in [1.54, 1.807) is 31.2 Å². The van der Waals surface area contributed by atoms with Crippen LogP contribution in [0.4, 0.5) is 10.7 Å². The van der Waals surface area contributed by atoms with Gasteiger partial charge in [0.1, 0.15) is 10.6 Å². The van der Waals surface area contributed by atoms with Crippen molar-refractivity contribution in [3.63, 3.8) is 0 Å². The molecule has 3 rings (SSSR count). The molecule has 7 nitrogen and oxygen atoms in total. The van der Waals surface area contributed by atoms with Gasteiger partial charge in [-0.2, -0.15) is 0 Å². The van der Waals surface area contributed by atoms with Gasteiger partial charge in [0.25, 0.3) is 11.6 Å². The number of benzene rings is 2. The summed E-state index contributed by atoms with van der Waals surface area (Å²) in [5, 5.41) is 14.2. The number of esters is 1. The first-order valence-corrected chi connectivity index (χ1v) is 10.8. The summed E-state index contributed by atoms with van der Waals surface area (Å²) in [5.74, 6) is -0.893. The van der Waals surface area contributed by atoms with Crippen molar-refractivity contribution in [2.45, 2.75) is 13.8 Å². The van der Waals surface area contributed by atoms with Crippen LogP contribution < -0.4 is 5.32 Å². The van der Waals surface area contributed by atoms with Crippen molar-refractivity contribution in [3.8, 4) is 11.1 Å². The molecule has 30 heavy (non-hydrogen) atoms. The standard InChI is InChI=1S/C21H17IN2O5S/c1-3-29-21(26)18-17(13-8-10-14(11-9-13)24(27)28)12(2)30-20(18)23-19(25)15-6-4-5-7-16(15)22/h4-11H,3H2,1-2H3,(H,23,25). The first-order valence-electron chi connectivity index (χ1n) is 8.94. The average molecular weight is 536 g/mol. The highest BCUT2D eigenvalue weighted by molar-refractivity contribution is 14.1. The summed E-state index contributed by atoms with van der Waals surface area (Å²) in [4.78, 5) is 36.8. The highest BCUT2D eigenvalue weighted by atomic mass is 127. The van der Waals surface area contributed by atoms with Crippen LogP contribution in [0.3, 0.4) is 0 Å². The fourth-order valence-electron chi connectivity index (χ4n) is 2.94. The van der Waals surface area contributed by atoms with Crippen LogP contribution in [0.25, 0.3) is 11.1 Å². The predicted molar refractivity (Wildman–Crippen MR) is 124 cm³/mol. The average Bonchev–Trinajstić information content (AvgIpc) is 3.04. The Morgan fingerprint density at radius 3 is 2.43 bits per heavy atom. The Labute approximate surface area is 190 Å². The number of rotatable bonds is 6. The molecule has 0 atom stereocenters. The predicted octanol–water partition coefficient (Wildman–Crippen LogP) is 5.67. The summed E-state index contributed by atoms with van der Waals surface area (Å²) in [6.45, 7) is 3.71. The summed E-state index contributed by atoms with van der Waals surface area (Å²) in [5.41, 5.74) is 1.92. The number of nitrogens with one attached hydrogen (secondary N) is 1. The Morgan fingerprint density at radius 2 is 1.83 bits per heavy atom. The minimum Gasteiger partial charge on any atom is -0.462 e. The normalized spacial score (nSPS) is 10.5. The molecule has 0 aliphatic heterocycles. The lowest BCUT2D eigenvalue weighted by Gasteiger charge is -2.10. The maximum atomic E-state index is 12.8. The smallest absolute Gasteiger partial charge is 0.341 e. The van der Waals surface area contributed by atoms with Gasteiger partial charge >= 0.3 is 5.97 Å². The van der Waals surface area contributed by atoms with Gasteiger partial charge in [-0.15, -0.1) is 11.3 Å². The molecule has 0 fully saturated rings. The van der Waals surface area contributed by atoms with E-state index in [1.165, 1.54) is 23.5 Å². The zero-order valence-corrected chi connectivity index (χ0v) is 19.1. The molecular formula is C21H17IN2O5S. The number of hydrogen-bond donors (Lipinski definition) is 1. The van der Waals surface area contributed by atoms with E-state index in [4.69, 9.17) is 4.74 Å². The maximum Gasteiger partial charge on any atom is 0.341 e. The Morgan fingerprint density at radius 1 is 1.17 bits per heavy atom. The zero-order valence-electron chi connectivity index (χ0n) is 16.1. The molecule has 154 valence electrons. The van der Waals surface area contributed by atoms with Crippen molar-refractivity contribution < 1.29 is 19.2 Å². The van der Waals surface area contributed by atoms with E-state index in [9.17, 15) is 19.7 Å². The molecule has 0 aliphatic carbocycles. The molecule has 0 aliphatic rings. The highest BCUT2D eigenvalue weighted by Gasteiger charge is 2.26. The summed E-state index contributed by atoms with van der Waals surface area (Å²) in [7, 11) is 0. The quantitative estimate of drug-likeness (QED) is 0.190. The van der Waals surface area contributed by atoms with E-state index < -0.39 is 10.9 Å². The SMILES string of the molecule is CCOC(=O)c1c(NC(=O)c2ccccc2I)sc(C)c1-c1ccc([N+](=O)[O-])cc1. The van der Waals surface area contributed by atoms with Gasteiger partial charge in [-0.25, -0.2) is 4.79 Å². The number of ether oxygens (including phenoxy) is 1. The van der Waals surface area contributed by atoms with Crippen LogP contribution in [0, 0.1) is 20.6 Å². The number of anilines is 1. The summed E-state index contributed by atoms with van der Waals surface area (Å²) >= 11 is 3.34. The first-order chi connectivity index (χ1) is 14.3. The minimum absolute atomic E-state index is 0.0449. The van der Waals surface area contributed by atoms with E-state index in [0.29, 0.717) is 21.7 Å². The molecule has 0 saturated carbocycles. The number of carbonyl (C=O) groups excluding carboxylic acids is 2. The van der Waals surface area contributed by atoms with E-state index in [0.717, 1.165) is 8.45 Å². The van der Waals surface area contributed by atoms with Crippen molar-refractivity contribution in [3.05, 3.63) is 78.2 Å². The van der Waals surface area contributed by atoms with Crippen molar-refractivity contribution in [1.82, 2.24) is 0 Å². The number of aryl methyl sites for hydroxylation is 1. The number of nitrogens with zero attached hydrogens (tertiary/aromatic N) is 1. The van der Waals surface area contributed by atoms with E-state index in [2.05, 4.69) is 27.9 Å². The van der Waals surface area contributed by atoms with Crippen LogP contribution in [-0.2, 0) is 4.74 Å².